The third-order valence-corrected chi connectivity index (χ3v) is 0.818. The van der Waals surface area contributed by atoms with Crippen molar-refractivity contribution in [3.05, 3.63) is 12.4 Å². The van der Waals surface area contributed by atoms with Crippen molar-refractivity contribution in [1.29, 1.82) is 0 Å². The summed E-state index contributed by atoms with van der Waals surface area (Å²) in [6, 6.07) is 0. The van der Waals surface area contributed by atoms with E-state index in [0.29, 0.717) is 0 Å². The zero-order valence-electron chi connectivity index (χ0n) is 5.60. The molecule has 0 aromatic rings. The van der Waals surface area contributed by atoms with Crippen molar-refractivity contribution in [2.75, 3.05) is 21.1 Å². The van der Waals surface area contributed by atoms with Gasteiger partial charge >= 0.3 is 0 Å². The van der Waals surface area contributed by atoms with E-state index in [2.05, 4.69) is 10.7 Å². The van der Waals surface area contributed by atoms with Crippen LogP contribution in [0.5, 0.6) is 0 Å². The molecule has 3 nitrogen and oxygen atoms in total. The third-order valence-electron chi connectivity index (χ3n) is 0.818. The topological polar surface area (TPSA) is 27.3 Å². The lowest BCUT2D eigenvalue weighted by Crippen LogP contribution is -2.25. The van der Waals surface area contributed by atoms with E-state index in [1.165, 1.54) is 0 Å². The van der Waals surface area contributed by atoms with Crippen LogP contribution in [0.25, 0.3) is 0 Å². The van der Waals surface area contributed by atoms with Gasteiger partial charge in [0.1, 0.15) is 0 Å². The highest BCUT2D eigenvalue weighted by Crippen LogP contribution is 1.70. The molecule has 0 radical (unpaired) electrons. The molecule has 0 aliphatic carbocycles. The van der Waals surface area contributed by atoms with Gasteiger partial charge in [-0.1, -0.05) is 0 Å². The second kappa shape index (κ2) is 4.46. The summed E-state index contributed by atoms with van der Waals surface area (Å²) in [4.78, 5) is 0. The van der Waals surface area contributed by atoms with Gasteiger partial charge in [-0.25, -0.2) is 5.43 Å². The Morgan fingerprint density at radius 2 is 2.00 bits per heavy atom. The van der Waals surface area contributed by atoms with Crippen LogP contribution in [-0.2, 0) is 0 Å². The Labute approximate surface area is 50.3 Å². The third kappa shape index (κ3) is 3.49. The molecule has 0 amide bonds. The highest BCUT2D eigenvalue weighted by atomic mass is 15.5. The Hall–Kier alpha value is -0.700. The van der Waals surface area contributed by atoms with Crippen LogP contribution in [0.1, 0.15) is 0 Å². The van der Waals surface area contributed by atoms with Crippen LogP contribution in [0, 0.1) is 0 Å². The second-order valence-corrected chi connectivity index (χ2v) is 1.44. The van der Waals surface area contributed by atoms with Gasteiger partial charge in [0.2, 0.25) is 0 Å². The minimum atomic E-state index is 1.84. The van der Waals surface area contributed by atoms with Crippen LogP contribution in [0.4, 0.5) is 0 Å². The molecule has 0 rings (SSSR count). The quantitative estimate of drug-likeness (QED) is 0.496. The van der Waals surface area contributed by atoms with Gasteiger partial charge in [0.05, 0.1) is 0 Å². The minimum absolute atomic E-state index is 1.84. The van der Waals surface area contributed by atoms with E-state index in [0.717, 1.165) is 0 Å². The van der Waals surface area contributed by atoms with Crippen molar-refractivity contribution < 1.29 is 0 Å². The number of rotatable bonds is 3. The van der Waals surface area contributed by atoms with Gasteiger partial charge in [0, 0.05) is 33.5 Å². The first-order valence-corrected chi connectivity index (χ1v) is 2.55. The van der Waals surface area contributed by atoms with Crippen molar-refractivity contribution in [3.8, 4) is 0 Å². The lowest BCUT2D eigenvalue weighted by atomic mass is 10.8. The molecule has 48 valence electrons. The highest BCUT2D eigenvalue weighted by molar-refractivity contribution is 4.73. The van der Waals surface area contributed by atoms with Crippen molar-refractivity contribution >= 4 is 0 Å². The number of nitrogens with one attached hydrogen (secondary N) is 2. The fourth-order valence-electron chi connectivity index (χ4n) is 0.261. The Kier molecular flexibility index (Phi) is 4.07. The summed E-state index contributed by atoms with van der Waals surface area (Å²) >= 11 is 0. The molecule has 0 heterocycles. The van der Waals surface area contributed by atoms with Crippen LogP contribution in [0.15, 0.2) is 12.4 Å². The smallest absolute Gasteiger partial charge is 0.0311 e. The van der Waals surface area contributed by atoms with Crippen molar-refractivity contribution in [1.82, 2.24) is 15.8 Å². The van der Waals surface area contributed by atoms with E-state index < -0.39 is 0 Å². The molecule has 0 saturated carbocycles. The maximum atomic E-state index is 2.91. The molecule has 0 aliphatic heterocycles. The molecule has 0 saturated heterocycles. The highest BCUT2D eigenvalue weighted by Gasteiger charge is 1.76. The first-order valence-electron chi connectivity index (χ1n) is 2.55. The lowest BCUT2D eigenvalue weighted by Gasteiger charge is -2.09. The summed E-state index contributed by atoms with van der Waals surface area (Å²) in [5, 5.41) is 4.71. The summed E-state index contributed by atoms with van der Waals surface area (Å²) in [5.74, 6) is 0. The molecule has 8 heavy (non-hydrogen) atoms. The summed E-state index contributed by atoms with van der Waals surface area (Å²) in [7, 11) is 5.65. The van der Waals surface area contributed by atoms with E-state index in [1.54, 1.807) is 0 Å². The fraction of sp³-hybridized carbons (Fsp3) is 0.600. The zero-order chi connectivity index (χ0) is 6.41. The Balaban J connectivity index is 3.21. The van der Waals surface area contributed by atoms with Gasteiger partial charge in [0.25, 0.3) is 0 Å². The minimum Gasteiger partial charge on any atom is -0.393 e. The predicted octanol–water partition coefficient (Wildman–Crippen LogP) is -0.257. The number of hydrogen-bond donors (Lipinski definition) is 2. The summed E-state index contributed by atoms with van der Waals surface area (Å²) in [6.07, 6.45) is 3.73. The van der Waals surface area contributed by atoms with E-state index in [1.807, 2.05) is 38.6 Å². The molecule has 0 bridgehead atoms. The number of hydrazine groups is 1. The molecular weight excluding hydrogens is 102 g/mol. The lowest BCUT2D eigenvalue weighted by molar-refractivity contribution is 0.363. The van der Waals surface area contributed by atoms with Crippen molar-refractivity contribution in [2.45, 2.75) is 0 Å². The molecule has 0 spiro atoms. The molecule has 0 fully saturated rings. The maximum absolute atomic E-state index is 2.91. The average Bonchev–Trinajstić information content (AvgIpc) is 1.83. The molecule has 0 atom stereocenters. The van der Waals surface area contributed by atoms with Crippen LogP contribution < -0.4 is 10.7 Å². The van der Waals surface area contributed by atoms with Crippen LogP contribution in [-0.4, -0.2) is 26.2 Å². The predicted molar refractivity (Wildman–Crippen MR) is 35.0 cm³/mol. The van der Waals surface area contributed by atoms with Gasteiger partial charge in [0.15, 0.2) is 0 Å². The Morgan fingerprint density at radius 1 is 1.38 bits per heavy atom. The fourth-order valence-corrected chi connectivity index (χ4v) is 0.261. The normalized spacial score (nSPS) is 9.88. The van der Waals surface area contributed by atoms with Gasteiger partial charge < -0.3 is 10.3 Å². The molecular formula is C5H13N3. The SMILES string of the molecule is CN/C=C\N(C)NC. The summed E-state index contributed by atoms with van der Waals surface area (Å²) < 4.78 is 0. The molecule has 0 unspecified atom stereocenters. The largest absolute Gasteiger partial charge is 0.393 e. The van der Waals surface area contributed by atoms with E-state index >= 15 is 0 Å². The Morgan fingerprint density at radius 3 is 2.38 bits per heavy atom. The monoisotopic (exact) mass is 115 g/mol. The molecule has 3 heteroatoms. The van der Waals surface area contributed by atoms with Gasteiger partial charge in [-0.2, -0.15) is 0 Å². The summed E-state index contributed by atoms with van der Waals surface area (Å²) in [6.45, 7) is 0. The van der Waals surface area contributed by atoms with E-state index in [9.17, 15) is 0 Å². The Bertz CT molecular complexity index is 70.1. The van der Waals surface area contributed by atoms with E-state index in [-0.39, 0.29) is 0 Å². The first kappa shape index (κ1) is 7.30. The van der Waals surface area contributed by atoms with Crippen molar-refractivity contribution in [2.24, 2.45) is 0 Å². The van der Waals surface area contributed by atoms with Crippen LogP contribution >= 0.6 is 0 Å². The van der Waals surface area contributed by atoms with E-state index in [4.69, 9.17) is 0 Å². The number of nitrogens with zero attached hydrogens (tertiary/aromatic N) is 1. The molecule has 0 aromatic carbocycles. The van der Waals surface area contributed by atoms with Gasteiger partial charge in [-0.05, 0) is 0 Å². The van der Waals surface area contributed by atoms with Crippen LogP contribution in [0.2, 0.25) is 0 Å². The van der Waals surface area contributed by atoms with Gasteiger partial charge in [-0.15, -0.1) is 0 Å². The molecule has 0 aromatic heterocycles. The van der Waals surface area contributed by atoms with Crippen LogP contribution in [0.3, 0.4) is 0 Å². The standard InChI is InChI=1S/C5H13N3/c1-6-4-5-8(3)7-2/h4-7H,1-3H3/b5-4-. The average molecular weight is 115 g/mol. The number of hydrogen-bond acceptors (Lipinski definition) is 3. The van der Waals surface area contributed by atoms with Gasteiger partial charge in [-0.3, -0.25) is 0 Å². The maximum Gasteiger partial charge on any atom is 0.0311 e. The van der Waals surface area contributed by atoms with Crippen molar-refractivity contribution in [3.63, 3.8) is 0 Å². The zero-order valence-corrected chi connectivity index (χ0v) is 5.60. The molecule has 2 N–H and O–H groups in total. The second-order valence-electron chi connectivity index (χ2n) is 1.44. The summed E-state index contributed by atoms with van der Waals surface area (Å²) in [5.41, 5.74) is 2.91. The first-order chi connectivity index (χ1) is 3.81. The molecule has 0 aliphatic rings.